The van der Waals surface area contributed by atoms with Gasteiger partial charge in [-0.15, -0.1) is 0 Å². The molecular formula is C25H29ClN6O3. The van der Waals surface area contributed by atoms with Crippen molar-refractivity contribution >= 4 is 40.6 Å². The molecule has 2 aromatic rings. The summed E-state index contributed by atoms with van der Waals surface area (Å²) in [6.07, 6.45) is 4.54. The Morgan fingerprint density at radius 2 is 2.03 bits per heavy atom. The van der Waals surface area contributed by atoms with E-state index in [9.17, 15) is 4.79 Å². The SMILES string of the molecule is COc1cc(N2CCOCC2)ccc1Nc1ncc(Cl)c(NC2=C3C(=O)N(C)CC3=CCC2C)n1. The third-order valence-electron chi connectivity index (χ3n) is 6.57. The minimum Gasteiger partial charge on any atom is -0.494 e. The highest BCUT2D eigenvalue weighted by Crippen LogP contribution is 2.37. The number of nitrogens with zero attached hydrogens (tertiary/aromatic N) is 4. The molecule has 1 atom stereocenters. The van der Waals surface area contributed by atoms with Crippen LogP contribution in [0.5, 0.6) is 5.75 Å². The van der Waals surface area contributed by atoms with E-state index in [-0.39, 0.29) is 11.8 Å². The second kappa shape index (κ2) is 9.75. The van der Waals surface area contributed by atoms with Crippen molar-refractivity contribution in [3.63, 3.8) is 0 Å². The van der Waals surface area contributed by atoms with Crippen molar-refractivity contribution in [1.29, 1.82) is 0 Å². The quantitative estimate of drug-likeness (QED) is 0.623. The van der Waals surface area contributed by atoms with Gasteiger partial charge in [0.25, 0.3) is 5.91 Å². The molecule has 184 valence electrons. The molecule has 0 bridgehead atoms. The average molecular weight is 497 g/mol. The number of anilines is 4. The van der Waals surface area contributed by atoms with Crippen LogP contribution in [0.25, 0.3) is 0 Å². The normalized spacial score (nSPS) is 20.1. The summed E-state index contributed by atoms with van der Waals surface area (Å²) in [5.41, 5.74) is 4.42. The smallest absolute Gasteiger partial charge is 0.256 e. The van der Waals surface area contributed by atoms with Crippen LogP contribution in [0.2, 0.25) is 5.02 Å². The molecule has 1 aromatic heterocycles. The van der Waals surface area contributed by atoms with Gasteiger partial charge in [-0.3, -0.25) is 4.79 Å². The van der Waals surface area contributed by atoms with Crippen LogP contribution >= 0.6 is 11.6 Å². The zero-order valence-corrected chi connectivity index (χ0v) is 20.9. The Morgan fingerprint density at radius 3 is 2.80 bits per heavy atom. The number of likely N-dealkylation sites (N-methyl/N-ethyl adjacent to an activating group) is 1. The predicted molar refractivity (Wildman–Crippen MR) is 137 cm³/mol. The Labute approximate surface area is 209 Å². The maximum absolute atomic E-state index is 12.8. The van der Waals surface area contributed by atoms with Crippen LogP contribution in [0.3, 0.4) is 0 Å². The number of carbonyl (C=O) groups is 1. The fraction of sp³-hybridized carbons (Fsp3) is 0.400. The molecule has 1 unspecified atom stereocenters. The first kappa shape index (κ1) is 23.4. The number of likely N-dealkylation sites (tertiary alicyclic amines) is 1. The van der Waals surface area contributed by atoms with Gasteiger partial charge in [0.2, 0.25) is 5.95 Å². The van der Waals surface area contributed by atoms with E-state index in [1.165, 1.54) is 0 Å². The van der Waals surface area contributed by atoms with E-state index < -0.39 is 0 Å². The predicted octanol–water partition coefficient (Wildman–Crippen LogP) is 3.82. The molecule has 5 rings (SSSR count). The molecule has 35 heavy (non-hydrogen) atoms. The first-order valence-corrected chi connectivity index (χ1v) is 12.1. The van der Waals surface area contributed by atoms with E-state index in [1.54, 1.807) is 18.2 Å². The minimum atomic E-state index is 0.0129. The van der Waals surface area contributed by atoms with E-state index in [0.29, 0.717) is 42.3 Å². The standard InChI is InChI=1S/C25H29ClN6O3/c1-15-4-5-16-14-31(2)24(33)21(16)22(15)29-23-18(26)13-27-25(30-23)28-19-7-6-17(12-20(19)34-3)32-8-10-35-11-9-32/h5-7,12-13,15H,4,8-11,14H2,1-3H3,(H2,27,28,29,30). The molecule has 3 heterocycles. The molecule has 2 aliphatic heterocycles. The number of ether oxygens (including phenoxy) is 2. The Balaban J connectivity index is 1.40. The number of halogens is 1. The molecule has 0 saturated carbocycles. The monoisotopic (exact) mass is 496 g/mol. The van der Waals surface area contributed by atoms with Gasteiger partial charge < -0.3 is 29.9 Å². The number of rotatable bonds is 6. The van der Waals surface area contributed by atoms with Gasteiger partial charge in [0.1, 0.15) is 10.8 Å². The van der Waals surface area contributed by atoms with Crippen molar-refractivity contribution in [1.82, 2.24) is 14.9 Å². The number of hydrogen-bond acceptors (Lipinski definition) is 8. The van der Waals surface area contributed by atoms with Gasteiger partial charge in [-0.1, -0.05) is 24.6 Å². The molecule has 1 aliphatic carbocycles. The van der Waals surface area contributed by atoms with Crippen LogP contribution < -0.4 is 20.3 Å². The summed E-state index contributed by atoms with van der Waals surface area (Å²) in [5, 5.41) is 6.96. The molecule has 2 fully saturated rings. The van der Waals surface area contributed by atoms with Crippen LogP contribution in [0.4, 0.5) is 23.1 Å². The van der Waals surface area contributed by atoms with Crippen molar-refractivity contribution in [2.75, 3.05) is 62.5 Å². The molecule has 0 spiro atoms. The topological polar surface area (TPSA) is 91.8 Å². The number of benzene rings is 1. The van der Waals surface area contributed by atoms with E-state index in [2.05, 4.69) is 38.5 Å². The third-order valence-corrected chi connectivity index (χ3v) is 6.85. The lowest BCUT2D eigenvalue weighted by Crippen LogP contribution is -2.36. The van der Waals surface area contributed by atoms with E-state index in [0.717, 1.165) is 47.7 Å². The highest BCUT2D eigenvalue weighted by molar-refractivity contribution is 6.32. The van der Waals surface area contributed by atoms with Crippen LogP contribution in [-0.2, 0) is 9.53 Å². The first-order valence-electron chi connectivity index (χ1n) is 11.7. The van der Waals surface area contributed by atoms with Crippen molar-refractivity contribution in [2.45, 2.75) is 13.3 Å². The van der Waals surface area contributed by atoms with Gasteiger partial charge in [-0.2, -0.15) is 4.98 Å². The molecule has 2 N–H and O–H groups in total. The Morgan fingerprint density at radius 1 is 1.23 bits per heavy atom. The summed E-state index contributed by atoms with van der Waals surface area (Å²) >= 11 is 6.45. The average Bonchev–Trinajstić information content (AvgIpc) is 3.17. The molecule has 3 aliphatic rings. The lowest BCUT2D eigenvalue weighted by molar-refractivity contribution is -0.123. The van der Waals surface area contributed by atoms with Gasteiger partial charge in [-0.05, 0) is 24.1 Å². The Bertz CT molecular complexity index is 1210. The van der Waals surface area contributed by atoms with Crippen molar-refractivity contribution in [3.05, 3.63) is 52.3 Å². The highest BCUT2D eigenvalue weighted by Gasteiger charge is 2.35. The van der Waals surface area contributed by atoms with E-state index in [1.807, 2.05) is 25.2 Å². The van der Waals surface area contributed by atoms with Gasteiger partial charge in [-0.25, -0.2) is 4.98 Å². The van der Waals surface area contributed by atoms with Crippen LogP contribution in [0, 0.1) is 5.92 Å². The number of amides is 1. The largest absolute Gasteiger partial charge is 0.494 e. The van der Waals surface area contributed by atoms with Gasteiger partial charge in [0, 0.05) is 50.1 Å². The summed E-state index contributed by atoms with van der Waals surface area (Å²) in [4.78, 5) is 25.7. The Hall–Kier alpha value is -3.30. The zero-order valence-electron chi connectivity index (χ0n) is 20.1. The summed E-state index contributed by atoms with van der Waals surface area (Å²) in [7, 11) is 3.45. The summed E-state index contributed by atoms with van der Waals surface area (Å²) in [6.45, 7) is 5.83. The fourth-order valence-electron chi connectivity index (χ4n) is 4.62. The second-order valence-corrected chi connectivity index (χ2v) is 9.35. The lowest BCUT2D eigenvalue weighted by atomic mass is 9.89. The van der Waals surface area contributed by atoms with Crippen molar-refractivity contribution < 1.29 is 14.3 Å². The number of carbonyl (C=O) groups excluding carboxylic acids is 1. The highest BCUT2D eigenvalue weighted by atomic mass is 35.5. The fourth-order valence-corrected chi connectivity index (χ4v) is 4.76. The molecular weight excluding hydrogens is 468 g/mol. The first-order chi connectivity index (χ1) is 16.9. The molecule has 9 nitrogen and oxygen atoms in total. The maximum atomic E-state index is 12.8. The number of allylic oxidation sites excluding steroid dienone is 2. The minimum absolute atomic E-state index is 0.0129. The summed E-state index contributed by atoms with van der Waals surface area (Å²) in [6, 6.07) is 5.99. The summed E-state index contributed by atoms with van der Waals surface area (Å²) in [5.74, 6) is 1.65. The molecule has 10 heteroatoms. The van der Waals surface area contributed by atoms with E-state index >= 15 is 0 Å². The van der Waals surface area contributed by atoms with Gasteiger partial charge in [0.05, 0.1) is 37.8 Å². The number of nitrogens with one attached hydrogen (secondary N) is 2. The number of aromatic nitrogens is 2. The second-order valence-electron chi connectivity index (χ2n) is 8.94. The van der Waals surface area contributed by atoms with Crippen molar-refractivity contribution in [2.24, 2.45) is 5.92 Å². The zero-order chi connectivity index (χ0) is 24.5. The lowest BCUT2D eigenvalue weighted by Gasteiger charge is -2.29. The number of methoxy groups -OCH3 is 1. The van der Waals surface area contributed by atoms with Crippen LogP contribution in [-0.4, -0.2) is 67.8 Å². The summed E-state index contributed by atoms with van der Waals surface area (Å²) < 4.78 is 11.1. The third kappa shape index (κ3) is 4.66. The van der Waals surface area contributed by atoms with Crippen LogP contribution in [0.15, 0.2) is 47.3 Å². The Kier molecular flexibility index (Phi) is 6.53. The van der Waals surface area contributed by atoms with Crippen molar-refractivity contribution in [3.8, 4) is 5.75 Å². The molecule has 1 amide bonds. The number of fused-ring (bicyclic) bond motifs is 1. The molecule has 0 radical (unpaired) electrons. The van der Waals surface area contributed by atoms with Gasteiger partial charge in [0.15, 0.2) is 5.82 Å². The van der Waals surface area contributed by atoms with Gasteiger partial charge >= 0.3 is 0 Å². The molecule has 1 aromatic carbocycles. The maximum Gasteiger partial charge on any atom is 0.256 e. The molecule has 2 saturated heterocycles. The van der Waals surface area contributed by atoms with E-state index in [4.69, 9.17) is 21.1 Å². The number of hydrogen-bond donors (Lipinski definition) is 2. The van der Waals surface area contributed by atoms with Crippen LogP contribution in [0.1, 0.15) is 13.3 Å². The number of morpholine rings is 1.